The first-order valence-corrected chi connectivity index (χ1v) is 9.42. The molecule has 1 N–H and O–H groups in total. The van der Waals surface area contributed by atoms with Gasteiger partial charge in [-0.2, -0.15) is 0 Å². The minimum absolute atomic E-state index is 0.174. The predicted octanol–water partition coefficient (Wildman–Crippen LogP) is 2.44. The number of likely N-dealkylation sites (N-methyl/N-ethyl adjacent to an activating group) is 1. The Hall–Kier alpha value is -3.94. The highest BCUT2D eigenvalue weighted by Crippen LogP contribution is 2.09. The minimum Gasteiger partial charge on any atom is -0.465 e. The van der Waals surface area contributed by atoms with Gasteiger partial charge in [-0.3, -0.25) is 9.59 Å². The summed E-state index contributed by atoms with van der Waals surface area (Å²) in [5, 5.41) is 2.69. The maximum absolute atomic E-state index is 12.1. The number of nitrogens with one attached hydrogen (secondary N) is 1. The lowest BCUT2D eigenvalue weighted by molar-refractivity contribution is -0.148. The van der Waals surface area contributed by atoms with Gasteiger partial charge in [0.1, 0.15) is 0 Å². The third kappa shape index (κ3) is 7.77. The van der Waals surface area contributed by atoms with Gasteiger partial charge in [-0.25, -0.2) is 9.59 Å². The van der Waals surface area contributed by atoms with E-state index in [0.29, 0.717) is 16.8 Å². The number of anilines is 1. The molecule has 0 spiro atoms. The fourth-order valence-electron chi connectivity index (χ4n) is 2.44. The summed E-state index contributed by atoms with van der Waals surface area (Å²) in [5.74, 6) is -2.03. The zero-order chi connectivity index (χ0) is 22.8. The first-order valence-electron chi connectivity index (χ1n) is 9.42. The van der Waals surface area contributed by atoms with Crippen molar-refractivity contribution >= 4 is 35.5 Å². The Balaban J connectivity index is 1.76. The van der Waals surface area contributed by atoms with E-state index in [2.05, 4.69) is 10.1 Å². The van der Waals surface area contributed by atoms with Crippen LogP contribution in [0.15, 0.2) is 54.6 Å². The number of benzene rings is 2. The lowest BCUT2D eigenvalue weighted by Crippen LogP contribution is -2.37. The summed E-state index contributed by atoms with van der Waals surface area (Å²) < 4.78 is 9.53. The normalized spacial score (nSPS) is 10.4. The second-order valence-corrected chi connectivity index (χ2v) is 6.72. The Bertz CT molecular complexity index is 965. The molecule has 0 fully saturated rings. The number of rotatable bonds is 8. The zero-order valence-electron chi connectivity index (χ0n) is 17.6. The van der Waals surface area contributed by atoms with E-state index >= 15 is 0 Å². The number of methoxy groups -OCH3 is 1. The van der Waals surface area contributed by atoms with Crippen molar-refractivity contribution in [1.82, 2.24) is 4.90 Å². The first-order chi connectivity index (χ1) is 14.8. The SMILES string of the molecule is COC(=O)c1ccc(/C=C/C(=O)OCC(=O)N(C)CC(=O)Nc2ccc(C)cc2)cc1. The van der Waals surface area contributed by atoms with Gasteiger partial charge < -0.3 is 19.7 Å². The fourth-order valence-corrected chi connectivity index (χ4v) is 2.44. The lowest BCUT2D eigenvalue weighted by atomic mass is 10.1. The summed E-state index contributed by atoms with van der Waals surface area (Å²) in [6, 6.07) is 13.7. The van der Waals surface area contributed by atoms with Crippen LogP contribution in [0.5, 0.6) is 0 Å². The van der Waals surface area contributed by atoms with Crippen LogP contribution in [-0.2, 0) is 23.9 Å². The van der Waals surface area contributed by atoms with Crippen LogP contribution in [0, 0.1) is 6.92 Å². The predicted molar refractivity (Wildman–Crippen MR) is 115 cm³/mol. The zero-order valence-corrected chi connectivity index (χ0v) is 17.6. The van der Waals surface area contributed by atoms with Gasteiger partial charge in [-0.1, -0.05) is 29.8 Å². The highest BCUT2D eigenvalue weighted by molar-refractivity contribution is 5.95. The number of hydrogen-bond donors (Lipinski definition) is 1. The molecule has 0 aliphatic rings. The molecule has 2 amide bonds. The first kappa shape index (κ1) is 23.3. The molecule has 162 valence electrons. The van der Waals surface area contributed by atoms with Gasteiger partial charge >= 0.3 is 11.9 Å². The smallest absolute Gasteiger partial charge is 0.337 e. The van der Waals surface area contributed by atoms with E-state index in [9.17, 15) is 19.2 Å². The van der Waals surface area contributed by atoms with Crippen LogP contribution in [0.4, 0.5) is 5.69 Å². The van der Waals surface area contributed by atoms with Crippen LogP contribution in [0.1, 0.15) is 21.5 Å². The van der Waals surface area contributed by atoms with Crippen molar-refractivity contribution in [3.8, 4) is 0 Å². The topological polar surface area (TPSA) is 102 Å². The second kappa shape index (κ2) is 11.3. The fraction of sp³-hybridized carbons (Fsp3) is 0.217. The number of nitrogens with zero attached hydrogens (tertiary/aromatic N) is 1. The molecule has 2 aromatic rings. The number of carbonyl (C=O) groups excluding carboxylic acids is 4. The van der Waals surface area contributed by atoms with E-state index in [1.54, 1.807) is 36.4 Å². The van der Waals surface area contributed by atoms with Crippen molar-refractivity contribution in [3.63, 3.8) is 0 Å². The van der Waals surface area contributed by atoms with Crippen LogP contribution < -0.4 is 5.32 Å². The highest BCUT2D eigenvalue weighted by Gasteiger charge is 2.14. The largest absolute Gasteiger partial charge is 0.465 e. The van der Waals surface area contributed by atoms with E-state index < -0.39 is 24.5 Å². The Kier molecular flexibility index (Phi) is 8.51. The number of amides is 2. The average molecular weight is 424 g/mol. The molecule has 2 rings (SSSR count). The molecule has 0 radical (unpaired) electrons. The summed E-state index contributed by atoms with van der Waals surface area (Å²) in [6.45, 7) is 1.28. The van der Waals surface area contributed by atoms with E-state index in [-0.39, 0.29) is 12.5 Å². The van der Waals surface area contributed by atoms with Gasteiger partial charge in [-0.15, -0.1) is 0 Å². The Morgan fingerprint density at radius 1 is 1.00 bits per heavy atom. The molecule has 0 saturated heterocycles. The van der Waals surface area contributed by atoms with E-state index in [1.807, 2.05) is 19.1 Å². The third-order valence-corrected chi connectivity index (χ3v) is 4.22. The molecule has 8 nitrogen and oxygen atoms in total. The van der Waals surface area contributed by atoms with Gasteiger partial charge in [0.05, 0.1) is 19.2 Å². The maximum atomic E-state index is 12.1. The summed E-state index contributed by atoms with van der Waals surface area (Å²) in [4.78, 5) is 48.5. The highest BCUT2D eigenvalue weighted by atomic mass is 16.5. The molecule has 0 atom stereocenters. The van der Waals surface area contributed by atoms with Crippen LogP contribution in [0.3, 0.4) is 0 Å². The maximum Gasteiger partial charge on any atom is 0.337 e. The number of hydrogen-bond acceptors (Lipinski definition) is 6. The molecule has 0 bridgehead atoms. The molecular formula is C23H24N2O6. The molecule has 0 aliphatic heterocycles. The summed E-state index contributed by atoms with van der Waals surface area (Å²) in [6.07, 6.45) is 2.66. The summed E-state index contributed by atoms with van der Waals surface area (Å²) >= 11 is 0. The number of carbonyl (C=O) groups is 4. The van der Waals surface area contributed by atoms with Crippen molar-refractivity contribution in [2.24, 2.45) is 0 Å². The molecule has 0 unspecified atom stereocenters. The Morgan fingerprint density at radius 2 is 1.65 bits per heavy atom. The lowest BCUT2D eigenvalue weighted by Gasteiger charge is -2.16. The average Bonchev–Trinajstić information content (AvgIpc) is 2.77. The number of aryl methyl sites for hydroxylation is 1. The third-order valence-electron chi connectivity index (χ3n) is 4.22. The molecule has 31 heavy (non-hydrogen) atoms. The van der Waals surface area contributed by atoms with Crippen molar-refractivity contribution in [3.05, 3.63) is 71.3 Å². The molecular weight excluding hydrogens is 400 g/mol. The molecule has 0 heterocycles. The van der Waals surface area contributed by atoms with Crippen molar-refractivity contribution in [2.75, 3.05) is 32.6 Å². The Morgan fingerprint density at radius 3 is 2.26 bits per heavy atom. The van der Waals surface area contributed by atoms with Crippen molar-refractivity contribution < 1.29 is 28.7 Å². The molecule has 0 aromatic heterocycles. The van der Waals surface area contributed by atoms with Gasteiger partial charge in [0, 0.05) is 18.8 Å². The van der Waals surface area contributed by atoms with Crippen LogP contribution >= 0.6 is 0 Å². The molecule has 8 heteroatoms. The summed E-state index contributed by atoms with van der Waals surface area (Å²) in [5.41, 5.74) is 2.76. The van der Waals surface area contributed by atoms with Crippen molar-refractivity contribution in [2.45, 2.75) is 6.92 Å². The van der Waals surface area contributed by atoms with E-state index in [1.165, 1.54) is 31.2 Å². The quantitative estimate of drug-likeness (QED) is 0.516. The number of ether oxygens (including phenoxy) is 2. The second-order valence-electron chi connectivity index (χ2n) is 6.72. The molecule has 0 aliphatic carbocycles. The van der Waals surface area contributed by atoms with E-state index in [0.717, 1.165) is 5.56 Å². The van der Waals surface area contributed by atoms with Crippen molar-refractivity contribution in [1.29, 1.82) is 0 Å². The van der Waals surface area contributed by atoms with Crippen LogP contribution in [-0.4, -0.2) is 56.0 Å². The van der Waals surface area contributed by atoms with Crippen LogP contribution in [0.25, 0.3) is 6.08 Å². The Labute approximate surface area is 180 Å². The van der Waals surface area contributed by atoms with Crippen LogP contribution in [0.2, 0.25) is 0 Å². The number of esters is 2. The summed E-state index contributed by atoms with van der Waals surface area (Å²) in [7, 11) is 2.74. The van der Waals surface area contributed by atoms with Gasteiger partial charge in [0.2, 0.25) is 5.91 Å². The monoisotopic (exact) mass is 424 g/mol. The van der Waals surface area contributed by atoms with Gasteiger partial charge in [0.15, 0.2) is 6.61 Å². The van der Waals surface area contributed by atoms with Gasteiger partial charge in [0.25, 0.3) is 5.91 Å². The molecule has 0 saturated carbocycles. The van der Waals surface area contributed by atoms with E-state index in [4.69, 9.17) is 4.74 Å². The molecule has 2 aromatic carbocycles. The minimum atomic E-state index is -0.706. The standard InChI is InChI=1S/C23H24N2O6/c1-16-4-11-19(12-5-16)24-20(26)14-25(2)21(27)15-31-22(28)13-8-17-6-9-18(10-7-17)23(29)30-3/h4-13H,14-15H2,1-3H3,(H,24,26)/b13-8+. The van der Waals surface area contributed by atoms with Gasteiger partial charge in [-0.05, 0) is 42.8 Å².